The summed E-state index contributed by atoms with van der Waals surface area (Å²) in [6.45, 7) is 2.17. The summed E-state index contributed by atoms with van der Waals surface area (Å²) in [7, 11) is 0. The molecule has 2 aliphatic rings. The largest absolute Gasteiger partial charge is 0.317 e. The van der Waals surface area contributed by atoms with Crippen LogP contribution in [0.1, 0.15) is 56.0 Å². The maximum atomic E-state index is 13.0. The lowest BCUT2D eigenvalue weighted by molar-refractivity contribution is 0.460. The van der Waals surface area contributed by atoms with E-state index in [1.165, 1.54) is 36.8 Å². The second kappa shape index (κ2) is 7.20. The molecule has 1 saturated heterocycles. The minimum Gasteiger partial charge on any atom is -0.317 e. The zero-order chi connectivity index (χ0) is 20.2. The van der Waals surface area contributed by atoms with Crippen molar-refractivity contribution in [2.24, 2.45) is 0 Å². The van der Waals surface area contributed by atoms with Gasteiger partial charge in [0.1, 0.15) is 0 Å². The van der Waals surface area contributed by atoms with Crippen molar-refractivity contribution >= 4 is 43.6 Å². The molecule has 30 heavy (non-hydrogen) atoms. The molecule has 0 bridgehead atoms. The Kier molecular flexibility index (Phi) is 4.46. The SMILES string of the molecule is O=c1nc2n(C3CCCC3)c3cc(C4CCNCC4)ccc3n2c2cccc(Br)c12. The third kappa shape index (κ3) is 2.77. The predicted octanol–water partition coefficient (Wildman–Crippen LogP) is 5.15. The van der Waals surface area contributed by atoms with Gasteiger partial charge in [-0.3, -0.25) is 9.20 Å². The van der Waals surface area contributed by atoms with Gasteiger partial charge in [0.05, 0.1) is 21.9 Å². The molecule has 3 heterocycles. The molecule has 2 fully saturated rings. The van der Waals surface area contributed by atoms with Gasteiger partial charge in [-0.2, -0.15) is 4.98 Å². The summed E-state index contributed by atoms with van der Waals surface area (Å²) in [6, 6.07) is 13.3. The van der Waals surface area contributed by atoms with E-state index in [-0.39, 0.29) is 5.56 Å². The third-order valence-corrected chi connectivity index (χ3v) is 7.72. The molecule has 1 saturated carbocycles. The molecule has 1 aliphatic carbocycles. The number of aromatic nitrogens is 3. The maximum Gasteiger partial charge on any atom is 0.283 e. The highest BCUT2D eigenvalue weighted by Crippen LogP contribution is 2.37. The normalized spacial score (nSPS) is 18.8. The molecule has 1 N–H and O–H groups in total. The minimum atomic E-state index is -0.155. The van der Waals surface area contributed by atoms with Gasteiger partial charge < -0.3 is 9.88 Å². The highest BCUT2D eigenvalue weighted by Gasteiger charge is 2.25. The second-order valence-electron chi connectivity index (χ2n) is 8.77. The highest BCUT2D eigenvalue weighted by atomic mass is 79.9. The summed E-state index contributed by atoms with van der Waals surface area (Å²) in [5.74, 6) is 1.39. The number of hydrogen-bond acceptors (Lipinski definition) is 3. The molecule has 5 nitrogen and oxygen atoms in total. The fourth-order valence-corrected chi connectivity index (χ4v) is 6.10. The maximum absolute atomic E-state index is 13.0. The van der Waals surface area contributed by atoms with E-state index >= 15 is 0 Å². The lowest BCUT2D eigenvalue weighted by Crippen LogP contribution is -2.26. The van der Waals surface area contributed by atoms with Crippen LogP contribution in [0.3, 0.4) is 0 Å². The Hall–Kier alpha value is -2.18. The summed E-state index contributed by atoms with van der Waals surface area (Å²) >= 11 is 3.57. The van der Waals surface area contributed by atoms with Crippen LogP contribution < -0.4 is 10.9 Å². The first-order valence-electron chi connectivity index (χ1n) is 11.1. The molecule has 4 aromatic rings. The second-order valence-corrected chi connectivity index (χ2v) is 9.62. The van der Waals surface area contributed by atoms with Crippen molar-refractivity contribution in [2.75, 3.05) is 13.1 Å². The number of halogens is 1. The Morgan fingerprint density at radius 1 is 0.967 bits per heavy atom. The number of benzene rings is 2. The number of nitrogens with zero attached hydrogens (tertiary/aromatic N) is 3. The minimum absolute atomic E-state index is 0.155. The van der Waals surface area contributed by atoms with Gasteiger partial charge in [-0.25, -0.2) is 0 Å². The number of nitrogens with one attached hydrogen (secondary N) is 1. The fraction of sp³-hybridized carbons (Fsp3) is 0.417. The Balaban J connectivity index is 1.71. The van der Waals surface area contributed by atoms with E-state index in [1.807, 2.05) is 18.2 Å². The van der Waals surface area contributed by atoms with Crippen LogP contribution in [0.4, 0.5) is 0 Å². The van der Waals surface area contributed by atoms with Crippen LogP contribution in [0, 0.1) is 0 Å². The van der Waals surface area contributed by atoms with Crippen LogP contribution in [0.5, 0.6) is 0 Å². The van der Waals surface area contributed by atoms with Crippen molar-refractivity contribution in [1.82, 2.24) is 19.3 Å². The Morgan fingerprint density at radius 2 is 1.77 bits per heavy atom. The predicted molar refractivity (Wildman–Crippen MR) is 125 cm³/mol. The van der Waals surface area contributed by atoms with Crippen molar-refractivity contribution in [3.8, 4) is 0 Å². The van der Waals surface area contributed by atoms with Crippen molar-refractivity contribution in [2.45, 2.75) is 50.5 Å². The number of rotatable bonds is 2. The number of hydrogen-bond donors (Lipinski definition) is 1. The van der Waals surface area contributed by atoms with Crippen LogP contribution in [0.15, 0.2) is 45.7 Å². The first kappa shape index (κ1) is 18.6. The summed E-state index contributed by atoms with van der Waals surface area (Å²) < 4.78 is 5.37. The van der Waals surface area contributed by atoms with E-state index in [4.69, 9.17) is 0 Å². The van der Waals surface area contributed by atoms with E-state index in [2.05, 4.69) is 53.4 Å². The van der Waals surface area contributed by atoms with Gasteiger partial charge in [-0.1, -0.05) is 25.0 Å². The Bertz CT molecular complexity index is 1330. The smallest absolute Gasteiger partial charge is 0.283 e. The van der Waals surface area contributed by atoms with Gasteiger partial charge in [0, 0.05) is 10.5 Å². The van der Waals surface area contributed by atoms with E-state index < -0.39 is 0 Å². The Morgan fingerprint density at radius 3 is 2.57 bits per heavy atom. The van der Waals surface area contributed by atoms with Crippen LogP contribution in [-0.2, 0) is 0 Å². The van der Waals surface area contributed by atoms with Crippen molar-refractivity contribution in [3.63, 3.8) is 0 Å². The lowest BCUT2D eigenvalue weighted by atomic mass is 9.90. The average Bonchev–Trinajstić information content (AvgIpc) is 3.39. The number of piperidine rings is 1. The molecular formula is C24H25BrN4O. The van der Waals surface area contributed by atoms with Gasteiger partial charge in [-0.15, -0.1) is 0 Å². The van der Waals surface area contributed by atoms with Crippen LogP contribution >= 0.6 is 15.9 Å². The Labute approximate surface area is 183 Å². The topological polar surface area (TPSA) is 51.3 Å². The van der Waals surface area contributed by atoms with E-state index in [9.17, 15) is 4.79 Å². The van der Waals surface area contributed by atoms with Gasteiger partial charge >= 0.3 is 0 Å². The molecule has 0 radical (unpaired) electrons. The van der Waals surface area contributed by atoms with Gasteiger partial charge in [0.15, 0.2) is 0 Å². The van der Waals surface area contributed by atoms with Crippen LogP contribution in [0.25, 0.3) is 27.7 Å². The zero-order valence-electron chi connectivity index (χ0n) is 16.9. The van der Waals surface area contributed by atoms with Crippen LogP contribution in [-0.4, -0.2) is 27.0 Å². The van der Waals surface area contributed by atoms with E-state index in [0.29, 0.717) is 17.3 Å². The molecule has 0 unspecified atom stereocenters. The standard InChI is InChI=1S/C24H25BrN4O/c25-18-6-3-7-20-22(18)23(30)27-24-28(17-4-1-2-5-17)21-14-16(8-9-19(21)29(20)24)15-10-12-26-13-11-15/h3,6-9,14-15,17,26H,1-2,4-5,10-13H2. The van der Waals surface area contributed by atoms with Crippen molar-refractivity contribution in [1.29, 1.82) is 0 Å². The lowest BCUT2D eigenvalue weighted by Gasteiger charge is -2.23. The summed E-state index contributed by atoms with van der Waals surface area (Å²) in [4.78, 5) is 17.6. The highest BCUT2D eigenvalue weighted by molar-refractivity contribution is 9.10. The molecule has 6 heteroatoms. The molecule has 0 atom stereocenters. The third-order valence-electron chi connectivity index (χ3n) is 7.06. The fourth-order valence-electron chi connectivity index (χ4n) is 5.58. The molecule has 2 aromatic heterocycles. The first-order chi connectivity index (χ1) is 14.7. The number of fused-ring (bicyclic) bond motifs is 5. The molecule has 2 aromatic carbocycles. The van der Waals surface area contributed by atoms with E-state index in [0.717, 1.165) is 47.2 Å². The molecule has 6 rings (SSSR count). The molecule has 0 spiro atoms. The monoisotopic (exact) mass is 464 g/mol. The van der Waals surface area contributed by atoms with Gasteiger partial charge in [-0.05, 0) is 90.4 Å². The van der Waals surface area contributed by atoms with Crippen molar-refractivity contribution in [3.05, 3.63) is 56.8 Å². The van der Waals surface area contributed by atoms with Crippen LogP contribution in [0.2, 0.25) is 0 Å². The van der Waals surface area contributed by atoms with Gasteiger partial charge in [0.25, 0.3) is 5.56 Å². The van der Waals surface area contributed by atoms with E-state index in [1.54, 1.807) is 0 Å². The quantitative estimate of drug-likeness (QED) is 0.446. The molecule has 0 amide bonds. The average molecular weight is 465 g/mol. The molecular weight excluding hydrogens is 440 g/mol. The first-order valence-corrected chi connectivity index (χ1v) is 11.9. The number of imidazole rings is 1. The summed E-state index contributed by atoms with van der Waals surface area (Å²) in [6.07, 6.45) is 7.16. The summed E-state index contributed by atoms with van der Waals surface area (Å²) in [5.41, 5.74) is 4.55. The zero-order valence-corrected chi connectivity index (χ0v) is 18.5. The van der Waals surface area contributed by atoms with Gasteiger partial charge in [0.2, 0.25) is 5.78 Å². The molecule has 1 aliphatic heterocycles. The molecule has 154 valence electrons. The summed E-state index contributed by atoms with van der Waals surface area (Å²) in [5, 5.41) is 4.13. The van der Waals surface area contributed by atoms with Crippen molar-refractivity contribution < 1.29 is 0 Å².